The van der Waals surface area contributed by atoms with Gasteiger partial charge in [-0.1, -0.05) is 182 Å². The number of benzene rings is 8. The van der Waals surface area contributed by atoms with Gasteiger partial charge in [0.2, 0.25) is 0 Å². The third kappa shape index (κ3) is 4.89. The number of hydrogen-bond acceptors (Lipinski definition) is 4. The predicted octanol–water partition coefficient (Wildman–Crippen LogP) is 12.8. The molecule has 10 aromatic rings. The lowest BCUT2D eigenvalue weighted by atomic mass is 9.67. The van der Waals surface area contributed by atoms with E-state index in [1.165, 1.54) is 33.4 Å². The number of furan rings is 1. The van der Waals surface area contributed by atoms with Crippen molar-refractivity contribution in [2.75, 3.05) is 0 Å². The number of para-hydroxylation sites is 1. The van der Waals surface area contributed by atoms with E-state index in [-0.39, 0.29) is 0 Å². The Morgan fingerprint density at radius 2 is 0.857 bits per heavy atom. The topological polar surface area (TPSA) is 51.8 Å². The number of nitrogens with zero attached hydrogens (tertiary/aromatic N) is 3. The van der Waals surface area contributed by atoms with Crippen LogP contribution in [0.2, 0.25) is 0 Å². The molecule has 11 rings (SSSR count). The maximum atomic E-state index is 6.81. The van der Waals surface area contributed by atoms with Crippen molar-refractivity contribution in [2.24, 2.45) is 0 Å². The van der Waals surface area contributed by atoms with Crippen molar-refractivity contribution >= 4 is 21.9 Å². The zero-order valence-corrected chi connectivity index (χ0v) is 30.3. The van der Waals surface area contributed by atoms with Gasteiger partial charge in [-0.15, -0.1) is 0 Å². The third-order valence-corrected chi connectivity index (χ3v) is 11.2. The van der Waals surface area contributed by atoms with Crippen molar-refractivity contribution in [1.82, 2.24) is 15.0 Å². The van der Waals surface area contributed by atoms with Gasteiger partial charge < -0.3 is 4.42 Å². The molecular weight excluding hydrogens is 683 g/mol. The van der Waals surface area contributed by atoms with Crippen LogP contribution in [0.3, 0.4) is 0 Å². The van der Waals surface area contributed by atoms with Crippen LogP contribution >= 0.6 is 0 Å². The second kappa shape index (κ2) is 12.9. The molecule has 8 aromatic carbocycles. The molecule has 0 aliphatic heterocycles. The molecule has 262 valence electrons. The third-order valence-electron chi connectivity index (χ3n) is 11.2. The van der Waals surface area contributed by atoms with Gasteiger partial charge in [-0.05, 0) is 62.7 Å². The maximum absolute atomic E-state index is 6.81. The summed E-state index contributed by atoms with van der Waals surface area (Å²) in [6.45, 7) is 0. The summed E-state index contributed by atoms with van der Waals surface area (Å²) in [4.78, 5) is 15.1. The molecule has 0 N–H and O–H groups in total. The number of hydrogen-bond donors (Lipinski definition) is 0. The van der Waals surface area contributed by atoms with Gasteiger partial charge in [0.1, 0.15) is 11.2 Å². The first-order valence-corrected chi connectivity index (χ1v) is 18.9. The van der Waals surface area contributed by atoms with Gasteiger partial charge >= 0.3 is 0 Å². The summed E-state index contributed by atoms with van der Waals surface area (Å²) in [6, 6.07) is 70.5. The molecule has 56 heavy (non-hydrogen) atoms. The lowest BCUT2D eigenvalue weighted by Gasteiger charge is -2.34. The highest BCUT2D eigenvalue weighted by Gasteiger charge is 2.46. The highest BCUT2D eigenvalue weighted by molar-refractivity contribution is 6.16. The summed E-state index contributed by atoms with van der Waals surface area (Å²) >= 11 is 0. The van der Waals surface area contributed by atoms with Gasteiger partial charge in [-0.3, -0.25) is 0 Å². The van der Waals surface area contributed by atoms with Crippen molar-refractivity contribution in [3.63, 3.8) is 0 Å². The summed E-state index contributed by atoms with van der Waals surface area (Å²) in [5.41, 5.74) is 13.4. The highest BCUT2D eigenvalue weighted by Crippen LogP contribution is 2.57. The van der Waals surface area contributed by atoms with Crippen LogP contribution in [0.15, 0.2) is 205 Å². The fourth-order valence-corrected chi connectivity index (χ4v) is 8.79. The molecule has 4 nitrogen and oxygen atoms in total. The molecule has 2 heterocycles. The molecule has 0 atom stereocenters. The molecule has 0 bridgehead atoms. The summed E-state index contributed by atoms with van der Waals surface area (Å²) in [7, 11) is 0. The van der Waals surface area contributed by atoms with Crippen LogP contribution in [0.1, 0.15) is 22.3 Å². The first kappa shape index (κ1) is 32.0. The Labute approximate surface area is 324 Å². The number of rotatable bonds is 6. The standard InChI is InChI=1S/C52H33N3O/c1-5-17-34(18-6-1)49-53-50(35-19-7-2-8-20-35)55-51(54-49)43-32-31-39(47-42-26-14-16-28-46(42)56-48(43)47)36-29-30-41-40-25-13-15-27-44(40)52(45(41)33-36,37-21-9-3-10-22-37)38-23-11-4-12-24-38/h1-33H. The monoisotopic (exact) mass is 715 g/mol. The normalized spacial score (nSPS) is 12.8. The molecule has 0 unspecified atom stereocenters. The van der Waals surface area contributed by atoms with Crippen LogP contribution in [0.5, 0.6) is 0 Å². The van der Waals surface area contributed by atoms with Crippen LogP contribution in [0.25, 0.3) is 78.4 Å². The molecule has 0 saturated carbocycles. The summed E-state index contributed by atoms with van der Waals surface area (Å²) in [5.74, 6) is 1.78. The van der Waals surface area contributed by atoms with Gasteiger partial charge in [0, 0.05) is 21.9 Å². The van der Waals surface area contributed by atoms with Crippen LogP contribution in [0, 0.1) is 0 Å². The highest BCUT2D eigenvalue weighted by atomic mass is 16.3. The maximum Gasteiger partial charge on any atom is 0.167 e. The molecule has 1 aliphatic carbocycles. The molecule has 2 aromatic heterocycles. The second-order valence-corrected chi connectivity index (χ2v) is 14.3. The van der Waals surface area contributed by atoms with E-state index in [1.54, 1.807) is 0 Å². The van der Waals surface area contributed by atoms with Gasteiger partial charge in [-0.25, -0.2) is 15.0 Å². The summed E-state index contributed by atoms with van der Waals surface area (Å²) in [5, 5.41) is 2.07. The minimum absolute atomic E-state index is 0.505. The average molecular weight is 716 g/mol. The number of fused-ring (bicyclic) bond motifs is 6. The van der Waals surface area contributed by atoms with Gasteiger partial charge in [-0.2, -0.15) is 0 Å². The Morgan fingerprint density at radius 1 is 0.357 bits per heavy atom. The number of aromatic nitrogens is 3. The van der Waals surface area contributed by atoms with E-state index in [4.69, 9.17) is 19.4 Å². The van der Waals surface area contributed by atoms with Gasteiger partial charge in [0.25, 0.3) is 0 Å². The van der Waals surface area contributed by atoms with Crippen LogP contribution in [-0.2, 0) is 5.41 Å². The lowest BCUT2D eigenvalue weighted by molar-refractivity contribution is 0.669. The van der Waals surface area contributed by atoms with E-state index in [0.29, 0.717) is 17.5 Å². The molecule has 0 amide bonds. The largest absolute Gasteiger partial charge is 0.455 e. The molecule has 0 fully saturated rings. The first-order chi connectivity index (χ1) is 27.8. The Kier molecular flexibility index (Phi) is 7.36. The average Bonchev–Trinajstić information content (AvgIpc) is 3.81. The van der Waals surface area contributed by atoms with E-state index >= 15 is 0 Å². The lowest BCUT2D eigenvalue weighted by Crippen LogP contribution is -2.28. The predicted molar refractivity (Wildman–Crippen MR) is 226 cm³/mol. The minimum atomic E-state index is -0.505. The van der Waals surface area contributed by atoms with Gasteiger partial charge in [0.15, 0.2) is 17.5 Å². The Hall–Kier alpha value is -7.43. The molecule has 0 saturated heterocycles. The Morgan fingerprint density at radius 3 is 1.52 bits per heavy atom. The van der Waals surface area contributed by atoms with E-state index < -0.39 is 5.41 Å². The van der Waals surface area contributed by atoms with Crippen molar-refractivity contribution in [3.8, 4) is 56.4 Å². The Bertz CT molecular complexity index is 2970. The van der Waals surface area contributed by atoms with E-state index in [9.17, 15) is 0 Å². The fourth-order valence-electron chi connectivity index (χ4n) is 8.79. The van der Waals surface area contributed by atoms with E-state index in [1.807, 2.05) is 72.8 Å². The first-order valence-electron chi connectivity index (χ1n) is 18.9. The van der Waals surface area contributed by atoms with Crippen molar-refractivity contribution < 1.29 is 4.42 Å². The van der Waals surface area contributed by atoms with Crippen LogP contribution in [-0.4, -0.2) is 15.0 Å². The van der Waals surface area contributed by atoms with Gasteiger partial charge in [0.05, 0.1) is 11.0 Å². The summed E-state index contributed by atoms with van der Waals surface area (Å²) in [6.07, 6.45) is 0. The molecule has 4 heteroatoms. The van der Waals surface area contributed by atoms with Crippen molar-refractivity contribution in [2.45, 2.75) is 5.41 Å². The molecule has 0 spiro atoms. The quantitative estimate of drug-likeness (QED) is 0.172. The van der Waals surface area contributed by atoms with Crippen molar-refractivity contribution in [1.29, 1.82) is 0 Å². The smallest absolute Gasteiger partial charge is 0.167 e. The zero-order valence-electron chi connectivity index (χ0n) is 30.3. The fraction of sp³-hybridized carbons (Fsp3) is 0.0192. The second-order valence-electron chi connectivity index (χ2n) is 14.3. The molecular formula is C52H33N3O. The minimum Gasteiger partial charge on any atom is -0.455 e. The zero-order chi connectivity index (χ0) is 37.1. The molecule has 0 radical (unpaired) electrons. The van der Waals surface area contributed by atoms with E-state index in [0.717, 1.165) is 49.8 Å². The van der Waals surface area contributed by atoms with Crippen molar-refractivity contribution in [3.05, 3.63) is 222 Å². The van der Waals surface area contributed by atoms with Crippen LogP contribution in [0.4, 0.5) is 0 Å². The molecule has 1 aliphatic rings. The summed E-state index contributed by atoms with van der Waals surface area (Å²) < 4.78 is 6.81. The van der Waals surface area contributed by atoms with Crippen LogP contribution < -0.4 is 0 Å². The Balaban J connectivity index is 1.17. The van der Waals surface area contributed by atoms with E-state index in [2.05, 4.69) is 127 Å². The SMILES string of the molecule is c1ccc(-c2nc(-c3ccccc3)nc(-c3ccc(-c4ccc5c(c4)C(c4ccccc4)(c4ccccc4)c4ccccc4-5)c4c3oc3ccccc34)n2)cc1.